The molecule has 0 radical (unpaired) electrons. The molecule has 1 aromatic rings. The van der Waals surface area contributed by atoms with Crippen LogP contribution in [0.15, 0.2) is 12.3 Å². The summed E-state index contributed by atoms with van der Waals surface area (Å²) in [6, 6.07) is 2.03. The number of aryl methyl sites for hydroxylation is 1. The molecule has 0 aliphatic heterocycles. The average molecular weight is 417 g/mol. The van der Waals surface area contributed by atoms with Crippen LogP contribution in [0.2, 0.25) is 0 Å². The largest absolute Gasteiger partial charge is 1.00 e. The maximum Gasteiger partial charge on any atom is 0.393 e. The molecule has 0 aromatic carbocycles. The number of halogens is 1. The van der Waals surface area contributed by atoms with Gasteiger partial charge in [0.05, 0.1) is 19.3 Å². The lowest BCUT2D eigenvalue weighted by Gasteiger charge is -2.08. The molecule has 0 unspecified atom stereocenters. The smallest absolute Gasteiger partial charge is 0.393 e. The summed E-state index contributed by atoms with van der Waals surface area (Å²) in [7, 11) is 0. The zero-order chi connectivity index (χ0) is 17.5. The summed E-state index contributed by atoms with van der Waals surface area (Å²) in [5.74, 6) is 1.83. The van der Waals surface area contributed by atoms with E-state index < -0.39 is 0 Å². The number of aliphatic hydroxyl groups is 1. The number of nitrogens with one attached hydrogen (secondary N) is 2. The quantitative estimate of drug-likeness (QED) is 0.291. The molecule has 1 heterocycles. The van der Waals surface area contributed by atoms with E-state index in [1.54, 1.807) is 0 Å². The first-order chi connectivity index (χ1) is 11.8. The van der Waals surface area contributed by atoms with Gasteiger partial charge in [0.15, 0.2) is 0 Å². The molecule has 0 atom stereocenters. The van der Waals surface area contributed by atoms with Gasteiger partial charge >= 0.3 is 5.95 Å². The summed E-state index contributed by atoms with van der Waals surface area (Å²) >= 11 is 0. The number of hydrogen-bond donors (Lipinski definition) is 3. The normalized spacial score (nSPS) is 10.4. The summed E-state index contributed by atoms with van der Waals surface area (Å²) in [5.41, 5.74) is 0. The Morgan fingerprint density at radius 3 is 2.16 bits per heavy atom. The summed E-state index contributed by atoms with van der Waals surface area (Å²) in [4.78, 5) is 4.72. The minimum Gasteiger partial charge on any atom is -1.00 e. The van der Waals surface area contributed by atoms with Gasteiger partial charge < -0.3 is 27.4 Å². The van der Waals surface area contributed by atoms with E-state index in [9.17, 15) is 0 Å². The van der Waals surface area contributed by atoms with E-state index in [0.717, 1.165) is 37.8 Å². The molecular formula is C19H37BrN4O. The van der Waals surface area contributed by atoms with Crippen LogP contribution in [0.3, 0.4) is 0 Å². The van der Waals surface area contributed by atoms with Gasteiger partial charge in [-0.2, -0.15) is 0 Å². The van der Waals surface area contributed by atoms with Gasteiger partial charge in [0.1, 0.15) is 0 Å². The lowest BCUT2D eigenvalue weighted by Crippen LogP contribution is -3.00. The molecule has 0 aliphatic carbocycles. The molecule has 0 spiro atoms. The first kappa shape index (κ1) is 24.1. The van der Waals surface area contributed by atoms with Gasteiger partial charge in [-0.05, 0) is 12.8 Å². The summed E-state index contributed by atoms with van der Waals surface area (Å²) in [6.45, 7) is 7.39. The molecule has 0 saturated heterocycles. The molecule has 5 nitrogen and oxygen atoms in total. The predicted molar refractivity (Wildman–Crippen MR) is 101 cm³/mol. The second kappa shape index (κ2) is 16.6. The van der Waals surface area contributed by atoms with Gasteiger partial charge in [-0.3, -0.25) is 5.32 Å². The number of rotatable bonds is 15. The Hall–Kier alpha value is -0.880. The fraction of sp³-hybridized carbons (Fsp3) is 0.789. The van der Waals surface area contributed by atoms with Crippen molar-refractivity contribution in [1.29, 1.82) is 0 Å². The highest BCUT2D eigenvalue weighted by molar-refractivity contribution is 5.36. The van der Waals surface area contributed by atoms with Gasteiger partial charge in [-0.1, -0.05) is 57.4 Å². The van der Waals surface area contributed by atoms with E-state index in [2.05, 4.69) is 35.2 Å². The Labute approximate surface area is 164 Å². The third-order valence-electron chi connectivity index (χ3n) is 4.12. The Balaban J connectivity index is 0.00000576. The fourth-order valence-corrected chi connectivity index (χ4v) is 2.63. The van der Waals surface area contributed by atoms with Crippen LogP contribution in [0.25, 0.3) is 0 Å². The van der Waals surface area contributed by atoms with Crippen LogP contribution in [0.4, 0.5) is 11.8 Å². The van der Waals surface area contributed by atoms with Crippen LogP contribution in [0, 0.1) is 0 Å². The predicted octanol–water partition coefficient (Wildman–Crippen LogP) is 0.740. The molecule has 1 aromatic heterocycles. The highest BCUT2D eigenvalue weighted by Gasteiger charge is 2.12. The van der Waals surface area contributed by atoms with Gasteiger partial charge in [-0.25, -0.2) is 4.57 Å². The minimum absolute atomic E-state index is 0. The first-order valence-electron chi connectivity index (χ1n) is 9.80. The second-order valence-electron chi connectivity index (χ2n) is 6.38. The number of aliphatic hydroxyl groups excluding tert-OH is 1. The van der Waals surface area contributed by atoms with Crippen molar-refractivity contribution in [2.45, 2.75) is 78.2 Å². The lowest BCUT2D eigenvalue weighted by atomic mass is 10.2. The SMILES string of the molecule is CCCCCCNc1cc[n+](CCCO)c(NCCCCCC)n1.[Br-]. The zero-order valence-electron chi connectivity index (χ0n) is 16.1. The van der Waals surface area contributed by atoms with E-state index in [4.69, 9.17) is 10.1 Å². The monoisotopic (exact) mass is 416 g/mol. The third-order valence-corrected chi connectivity index (χ3v) is 4.12. The molecular weight excluding hydrogens is 380 g/mol. The maximum absolute atomic E-state index is 9.07. The fourth-order valence-electron chi connectivity index (χ4n) is 2.63. The molecule has 0 fully saturated rings. The highest BCUT2D eigenvalue weighted by Crippen LogP contribution is 2.07. The lowest BCUT2D eigenvalue weighted by molar-refractivity contribution is -0.686. The van der Waals surface area contributed by atoms with Crippen molar-refractivity contribution < 1.29 is 26.7 Å². The Bertz CT molecular complexity index is 432. The second-order valence-corrected chi connectivity index (χ2v) is 6.38. The summed E-state index contributed by atoms with van der Waals surface area (Å²) in [5, 5.41) is 16.0. The standard InChI is InChI=1S/C19H36N4O.BrH/c1-3-5-7-9-13-20-18-12-16-23(15-11-17-24)19(22-18)21-14-10-8-6-4-2;/h12,16,24H,3-11,13-15,17H2,1-2H3,(H,20,21,22);1H. The molecule has 0 aliphatic rings. The summed E-state index contributed by atoms with van der Waals surface area (Å²) < 4.78 is 2.10. The molecule has 146 valence electrons. The van der Waals surface area contributed by atoms with Crippen LogP contribution in [0.1, 0.15) is 71.6 Å². The van der Waals surface area contributed by atoms with Crippen molar-refractivity contribution in [1.82, 2.24) is 4.98 Å². The molecule has 0 bridgehead atoms. The molecule has 3 N–H and O–H groups in total. The molecule has 0 saturated carbocycles. The zero-order valence-corrected chi connectivity index (χ0v) is 17.7. The van der Waals surface area contributed by atoms with Crippen LogP contribution in [0.5, 0.6) is 0 Å². The molecule has 1 rings (SSSR count). The van der Waals surface area contributed by atoms with Gasteiger partial charge in [0, 0.05) is 25.6 Å². The van der Waals surface area contributed by atoms with Crippen molar-refractivity contribution in [3.63, 3.8) is 0 Å². The Kier molecular flexibility index (Phi) is 16.0. The van der Waals surface area contributed by atoms with Crippen LogP contribution >= 0.6 is 0 Å². The van der Waals surface area contributed by atoms with Crippen molar-refractivity contribution >= 4 is 11.8 Å². The Morgan fingerprint density at radius 1 is 0.920 bits per heavy atom. The maximum atomic E-state index is 9.07. The number of aromatic nitrogens is 2. The van der Waals surface area contributed by atoms with Crippen molar-refractivity contribution in [3.8, 4) is 0 Å². The molecule has 25 heavy (non-hydrogen) atoms. The van der Waals surface area contributed by atoms with Crippen molar-refractivity contribution in [2.75, 3.05) is 30.3 Å². The average Bonchev–Trinajstić information content (AvgIpc) is 2.60. The molecule has 0 amide bonds. The van der Waals surface area contributed by atoms with E-state index in [-0.39, 0.29) is 23.6 Å². The molecule has 6 heteroatoms. The van der Waals surface area contributed by atoms with E-state index >= 15 is 0 Å². The number of anilines is 2. The summed E-state index contributed by atoms with van der Waals surface area (Å²) in [6.07, 6.45) is 12.8. The number of hydrogen-bond acceptors (Lipinski definition) is 4. The van der Waals surface area contributed by atoms with E-state index in [1.807, 2.05) is 6.07 Å². The van der Waals surface area contributed by atoms with Gasteiger partial charge in [-0.15, -0.1) is 0 Å². The van der Waals surface area contributed by atoms with Crippen molar-refractivity contribution in [2.24, 2.45) is 0 Å². The van der Waals surface area contributed by atoms with Gasteiger partial charge in [0.2, 0.25) is 5.82 Å². The van der Waals surface area contributed by atoms with E-state index in [1.165, 1.54) is 51.4 Å². The van der Waals surface area contributed by atoms with Crippen molar-refractivity contribution in [3.05, 3.63) is 12.3 Å². The Morgan fingerprint density at radius 2 is 1.56 bits per heavy atom. The van der Waals surface area contributed by atoms with Crippen LogP contribution < -0.4 is 32.2 Å². The first-order valence-corrected chi connectivity index (χ1v) is 9.80. The number of nitrogens with zero attached hydrogens (tertiary/aromatic N) is 2. The topological polar surface area (TPSA) is 61.1 Å². The van der Waals surface area contributed by atoms with Crippen LogP contribution in [-0.4, -0.2) is 29.8 Å². The minimum atomic E-state index is 0. The van der Waals surface area contributed by atoms with E-state index in [0.29, 0.717) is 0 Å². The third kappa shape index (κ3) is 11.4. The highest BCUT2D eigenvalue weighted by atomic mass is 79.9. The number of unbranched alkanes of at least 4 members (excludes halogenated alkanes) is 6. The van der Waals surface area contributed by atoms with Gasteiger partial charge in [0.25, 0.3) is 0 Å². The van der Waals surface area contributed by atoms with Crippen LogP contribution in [-0.2, 0) is 6.54 Å².